The first kappa shape index (κ1) is 18.2. The van der Waals surface area contributed by atoms with Crippen LogP contribution in [0.1, 0.15) is 42.6 Å². The van der Waals surface area contributed by atoms with Crippen molar-refractivity contribution in [3.8, 4) is 0 Å². The average molecular weight is 378 g/mol. The maximum Gasteiger partial charge on any atom is 0.354 e. The number of esters is 1. The molecular formula is C22H22N2O4. The molecule has 2 aromatic carbocycles. The third kappa shape index (κ3) is 2.68. The number of rotatable bonds is 4. The molecule has 144 valence electrons. The van der Waals surface area contributed by atoms with Gasteiger partial charge in [-0.25, -0.2) is 4.79 Å². The lowest BCUT2D eigenvalue weighted by molar-refractivity contribution is -0.161. The highest BCUT2D eigenvalue weighted by Crippen LogP contribution is 2.45. The van der Waals surface area contributed by atoms with Crippen LogP contribution < -0.4 is 4.90 Å². The molecule has 0 spiro atoms. The van der Waals surface area contributed by atoms with E-state index >= 15 is 0 Å². The van der Waals surface area contributed by atoms with Crippen molar-refractivity contribution in [2.75, 3.05) is 4.90 Å². The largest absolute Gasteiger partial charge is 0.460 e. The van der Waals surface area contributed by atoms with Crippen molar-refractivity contribution in [3.05, 3.63) is 65.7 Å². The van der Waals surface area contributed by atoms with Crippen LogP contribution in [0.3, 0.4) is 0 Å². The zero-order valence-electron chi connectivity index (χ0n) is 15.9. The van der Waals surface area contributed by atoms with E-state index in [2.05, 4.69) is 0 Å². The summed E-state index contributed by atoms with van der Waals surface area (Å²) in [4.78, 5) is 42.6. The van der Waals surface area contributed by atoms with Crippen LogP contribution in [0.5, 0.6) is 0 Å². The van der Waals surface area contributed by atoms with Gasteiger partial charge in [0.2, 0.25) is 11.6 Å². The minimum Gasteiger partial charge on any atom is -0.460 e. The van der Waals surface area contributed by atoms with Crippen LogP contribution >= 0.6 is 0 Å². The van der Waals surface area contributed by atoms with E-state index in [4.69, 9.17) is 4.74 Å². The predicted octanol–water partition coefficient (Wildman–Crippen LogP) is 3.12. The smallest absolute Gasteiger partial charge is 0.354 e. The number of carbonyl (C=O) groups excluding carboxylic acids is 3. The second-order valence-corrected chi connectivity index (χ2v) is 7.39. The van der Waals surface area contributed by atoms with Crippen LogP contribution in [0, 0.1) is 0 Å². The van der Waals surface area contributed by atoms with Gasteiger partial charge in [-0.2, -0.15) is 0 Å². The summed E-state index contributed by atoms with van der Waals surface area (Å²) in [7, 11) is 0. The van der Waals surface area contributed by atoms with Crippen LogP contribution in [0.15, 0.2) is 54.6 Å². The Hall–Kier alpha value is -3.15. The lowest BCUT2D eigenvalue weighted by Gasteiger charge is -2.48. The normalized spacial score (nSPS) is 21.0. The molecule has 1 saturated heterocycles. The Bertz CT molecular complexity index is 941. The Morgan fingerprint density at radius 3 is 2.46 bits per heavy atom. The second-order valence-electron chi connectivity index (χ2n) is 7.39. The minimum atomic E-state index is -1.46. The van der Waals surface area contributed by atoms with Gasteiger partial charge in [-0.1, -0.05) is 42.5 Å². The van der Waals surface area contributed by atoms with Gasteiger partial charge in [0.25, 0.3) is 5.91 Å². The van der Waals surface area contributed by atoms with E-state index in [0.29, 0.717) is 11.3 Å². The van der Waals surface area contributed by atoms with E-state index in [1.807, 2.05) is 30.3 Å². The van der Waals surface area contributed by atoms with Gasteiger partial charge >= 0.3 is 5.97 Å². The van der Waals surface area contributed by atoms with Gasteiger partial charge in [0.1, 0.15) is 0 Å². The number of carbonyl (C=O) groups is 3. The van der Waals surface area contributed by atoms with Gasteiger partial charge in [0, 0.05) is 19.4 Å². The molecular weight excluding hydrogens is 356 g/mol. The molecule has 2 aromatic rings. The molecule has 4 rings (SSSR count). The Balaban J connectivity index is 1.89. The highest BCUT2D eigenvalue weighted by molar-refractivity contribution is 6.15. The first-order valence-electron chi connectivity index (χ1n) is 9.44. The Kier molecular flexibility index (Phi) is 4.41. The quantitative estimate of drug-likeness (QED) is 0.767. The monoisotopic (exact) mass is 378 g/mol. The molecule has 28 heavy (non-hydrogen) atoms. The summed E-state index contributed by atoms with van der Waals surface area (Å²) in [5, 5.41) is 0. The van der Waals surface area contributed by atoms with Crippen molar-refractivity contribution in [2.45, 2.75) is 45.0 Å². The molecule has 2 amide bonds. The van der Waals surface area contributed by atoms with Gasteiger partial charge in [0.15, 0.2) is 0 Å². The fraction of sp³-hybridized carbons (Fsp3) is 0.318. The van der Waals surface area contributed by atoms with E-state index in [1.165, 1.54) is 9.80 Å². The molecule has 6 nitrogen and oxygen atoms in total. The lowest BCUT2D eigenvalue weighted by atomic mass is 9.95. The van der Waals surface area contributed by atoms with Gasteiger partial charge in [-0.05, 0) is 31.5 Å². The number of fused-ring (bicyclic) bond motifs is 3. The topological polar surface area (TPSA) is 66.9 Å². The molecule has 1 atom stereocenters. The number of nitrogens with zero attached hydrogens (tertiary/aromatic N) is 2. The zero-order valence-corrected chi connectivity index (χ0v) is 15.9. The molecule has 0 aromatic heterocycles. The molecule has 2 aliphatic rings. The number of para-hydroxylation sites is 1. The highest BCUT2D eigenvalue weighted by Gasteiger charge is 2.62. The summed E-state index contributed by atoms with van der Waals surface area (Å²) in [5.74, 6) is -1.02. The third-order valence-corrected chi connectivity index (χ3v) is 5.23. The standard InChI is InChI=1S/C22H22N2O4/c1-15(2)28-21(27)22-13-12-19(25)24(22)18-11-7-6-10-17(18)20(26)23(22)14-16-8-4-3-5-9-16/h3-11,15H,12-14H2,1-2H3/t22-/m1/s1. The molecule has 0 saturated carbocycles. The van der Waals surface area contributed by atoms with Crippen LogP contribution in [0.4, 0.5) is 5.69 Å². The van der Waals surface area contributed by atoms with Crippen molar-refractivity contribution in [1.29, 1.82) is 0 Å². The number of hydrogen-bond acceptors (Lipinski definition) is 4. The molecule has 0 unspecified atom stereocenters. The summed E-state index contributed by atoms with van der Waals surface area (Å²) in [6.45, 7) is 3.73. The van der Waals surface area contributed by atoms with Crippen LogP contribution in [-0.2, 0) is 20.9 Å². The molecule has 6 heteroatoms. The van der Waals surface area contributed by atoms with Crippen molar-refractivity contribution < 1.29 is 19.1 Å². The molecule has 2 heterocycles. The third-order valence-electron chi connectivity index (χ3n) is 5.23. The van der Waals surface area contributed by atoms with Crippen molar-refractivity contribution in [3.63, 3.8) is 0 Å². The second kappa shape index (κ2) is 6.78. The highest BCUT2D eigenvalue weighted by atomic mass is 16.5. The number of anilines is 1. The van der Waals surface area contributed by atoms with Crippen molar-refractivity contribution >= 4 is 23.5 Å². The SMILES string of the molecule is CC(C)OC(=O)[C@@]12CCC(=O)N1c1ccccc1C(=O)N2Cc1ccccc1. The zero-order chi connectivity index (χ0) is 19.9. The number of benzene rings is 2. The van der Waals surface area contributed by atoms with Crippen LogP contribution in [0.25, 0.3) is 0 Å². The molecule has 0 aliphatic carbocycles. The van der Waals surface area contributed by atoms with E-state index < -0.39 is 11.6 Å². The van der Waals surface area contributed by atoms with Crippen LogP contribution in [0.2, 0.25) is 0 Å². The summed E-state index contributed by atoms with van der Waals surface area (Å²) >= 11 is 0. The Morgan fingerprint density at radius 1 is 1.07 bits per heavy atom. The van der Waals surface area contributed by atoms with E-state index in [1.54, 1.807) is 38.1 Å². The molecule has 0 bridgehead atoms. The fourth-order valence-electron chi connectivity index (χ4n) is 4.04. The first-order chi connectivity index (χ1) is 13.4. The van der Waals surface area contributed by atoms with Gasteiger partial charge < -0.3 is 9.64 Å². The van der Waals surface area contributed by atoms with Crippen LogP contribution in [-0.4, -0.2) is 34.5 Å². The van der Waals surface area contributed by atoms with E-state index in [9.17, 15) is 14.4 Å². The summed E-state index contributed by atoms with van der Waals surface area (Å²) in [6.07, 6.45) is 0.0370. The predicted molar refractivity (Wildman–Crippen MR) is 103 cm³/mol. The van der Waals surface area contributed by atoms with Gasteiger partial charge in [-0.15, -0.1) is 0 Å². The maximum atomic E-state index is 13.4. The maximum absolute atomic E-state index is 13.4. The van der Waals surface area contributed by atoms with Gasteiger partial charge in [0.05, 0.1) is 17.4 Å². The molecule has 2 aliphatic heterocycles. The first-order valence-corrected chi connectivity index (χ1v) is 9.44. The van der Waals surface area contributed by atoms with E-state index in [-0.39, 0.29) is 37.3 Å². The lowest BCUT2D eigenvalue weighted by Crippen LogP contribution is -2.68. The summed E-state index contributed by atoms with van der Waals surface area (Å²) in [6, 6.07) is 16.4. The number of hydrogen-bond donors (Lipinski definition) is 0. The van der Waals surface area contributed by atoms with Crippen molar-refractivity contribution in [1.82, 2.24) is 4.90 Å². The van der Waals surface area contributed by atoms with Crippen molar-refractivity contribution in [2.24, 2.45) is 0 Å². The fourth-order valence-corrected chi connectivity index (χ4v) is 4.04. The number of amides is 2. The Morgan fingerprint density at radius 2 is 1.75 bits per heavy atom. The minimum absolute atomic E-state index is 0.181. The molecule has 1 fully saturated rings. The Labute approximate surface area is 163 Å². The summed E-state index contributed by atoms with van der Waals surface area (Å²) < 4.78 is 5.55. The number of ether oxygens (including phenoxy) is 1. The molecule has 0 radical (unpaired) electrons. The molecule has 0 N–H and O–H groups in total. The summed E-state index contributed by atoms with van der Waals surface area (Å²) in [5.41, 5.74) is 0.316. The average Bonchev–Trinajstić information content (AvgIpc) is 3.04. The van der Waals surface area contributed by atoms with Gasteiger partial charge in [-0.3, -0.25) is 14.5 Å². The van der Waals surface area contributed by atoms with E-state index in [0.717, 1.165) is 5.56 Å².